The standard InChI is InChI=1S/C13H20N2O3S/c1-5-9-6-7-19-11(9)15-10(16)8-14-12(17)18-13(2,3)4/h6-7H,5,8H2,1-4H3,(H,14,17)(H,15,16). The van der Waals surface area contributed by atoms with E-state index in [1.54, 1.807) is 20.8 Å². The van der Waals surface area contributed by atoms with Gasteiger partial charge in [0.15, 0.2) is 0 Å². The Labute approximate surface area is 117 Å². The first-order valence-electron chi connectivity index (χ1n) is 6.15. The highest BCUT2D eigenvalue weighted by Gasteiger charge is 2.16. The summed E-state index contributed by atoms with van der Waals surface area (Å²) in [6.45, 7) is 7.23. The zero-order chi connectivity index (χ0) is 14.5. The summed E-state index contributed by atoms with van der Waals surface area (Å²) in [5, 5.41) is 7.95. The summed E-state index contributed by atoms with van der Waals surface area (Å²) in [6.07, 6.45) is 0.267. The molecule has 1 rings (SSSR count). The summed E-state index contributed by atoms with van der Waals surface area (Å²) < 4.78 is 5.04. The Bertz CT molecular complexity index is 449. The van der Waals surface area contributed by atoms with Crippen molar-refractivity contribution in [3.63, 3.8) is 0 Å². The molecule has 0 fully saturated rings. The van der Waals surface area contributed by atoms with Crippen molar-refractivity contribution in [3.05, 3.63) is 17.0 Å². The Morgan fingerprint density at radius 3 is 2.63 bits per heavy atom. The molecule has 0 radical (unpaired) electrons. The minimum absolute atomic E-state index is 0.101. The van der Waals surface area contributed by atoms with Crippen molar-refractivity contribution >= 4 is 28.3 Å². The summed E-state index contributed by atoms with van der Waals surface area (Å²) in [6, 6.07) is 1.97. The Balaban J connectivity index is 2.38. The van der Waals surface area contributed by atoms with Gasteiger partial charge in [0.1, 0.15) is 12.1 Å². The van der Waals surface area contributed by atoms with E-state index >= 15 is 0 Å². The normalized spacial score (nSPS) is 10.9. The number of amides is 2. The number of carbonyl (C=O) groups is 2. The van der Waals surface area contributed by atoms with Crippen molar-refractivity contribution in [1.82, 2.24) is 5.32 Å². The highest BCUT2D eigenvalue weighted by atomic mass is 32.1. The van der Waals surface area contributed by atoms with Gasteiger partial charge in [-0.2, -0.15) is 0 Å². The lowest BCUT2D eigenvalue weighted by Crippen LogP contribution is -2.37. The van der Waals surface area contributed by atoms with Crippen LogP contribution < -0.4 is 10.6 Å². The first kappa shape index (κ1) is 15.5. The van der Waals surface area contributed by atoms with E-state index in [4.69, 9.17) is 4.74 Å². The number of nitrogens with one attached hydrogen (secondary N) is 2. The molecule has 0 atom stereocenters. The zero-order valence-electron chi connectivity index (χ0n) is 11.7. The molecule has 0 spiro atoms. The number of ether oxygens (including phenoxy) is 1. The number of aryl methyl sites for hydroxylation is 1. The predicted molar refractivity (Wildman–Crippen MR) is 76.6 cm³/mol. The zero-order valence-corrected chi connectivity index (χ0v) is 12.5. The van der Waals surface area contributed by atoms with Crippen molar-refractivity contribution in [2.45, 2.75) is 39.7 Å². The van der Waals surface area contributed by atoms with Crippen LogP contribution in [0.4, 0.5) is 9.80 Å². The second kappa shape index (κ2) is 6.56. The van der Waals surface area contributed by atoms with Crippen LogP contribution in [0, 0.1) is 0 Å². The molecule has 0 aliphatic heterocycles. The van der Waals surface area contributed by atoms with Crippen molar-refractivity contribution in [1.29, 1.82) is 0 Å². The third-order valence-electron chi connectivity index (χ3n) is 2.17. The van der Waals surface area contributed by atoms with E-state index in [1.807, 2.05) is 18.4 Å². The molecule has 1 aromatic heterocycles. The largest absolute Gasteiger partial charge is 0.444 e. The van der Waals surface area contributed by atoms with Crippen molar-refractivity contribution < 1.29 is 14.3 Å². The van der Waals surface area contributed by atoms with Gasteiger partial charge in [-0.1, -0.05) is 6.92 Å². The van der Waals surface area contributed by atoms with E-state index in [9.17, 15) is 9.59 Å². The number of anilines is 1. The van der Waals surface area contributed by atoms with Crippen molar-refractivity contribution in [2.24, 2.45) is 0 Å². The van der Waals surface area contributed by atoms with Gasteiger partial charge in [0.25, 0.3) is 0 Å². The number of rotatable bonds is 4. The molecule has 0 aromatic carbocycles. The second-order valence-corrected chi connectivity index (χ2v) is 5.95. The second-order valence-electron chi connectivity index (χ2n) is 5.03. The van der Waals surface area contributed by atoms with E-state index in [0.717, 1.165) is 17.0 Å². The number of hydrogen-bond acceptors (Lipinski definition) is 4. The molecule has 5 nitrogen and oxygen atoms in total. The summed E-state index contributed by atoms with van der Waals surface area (Å²) in [5.41, 5.74) is 0.527. The minimum Gasteiger partial charge on any atom is -0.444 e. The fourth-order valence-corrected chi connectivity index (χ4v) is 2.27. The van der Waals surface area contributed by atoms with Gasteiger partial charge in [0.2, 0.25) is 5.91 Å². The maximum absolute atomic E-state index is 11.7. The van der Waals surface area contributed by atoms with Crippen LogP contribution in [0.1, 0.15) is 33.3 Å². The molecule has 0 aliphatic carbocycles. The van der Waals surface area contributed by atoms with Crippen LogP contribution in [0.25, 0.3) is 0 Å². The van der Waals surface area contributed by atoms with Crippen molar-refractivity contribution in [2.75, 3.05) is 11.9 Å². The van der Waals surface area contributed by atoms with Gasteiger partial charge in [-0.05, 0) is 44.2 Å². The Kier molecular flexibility index (Phi) is 5.35. The third-order valence-corrected chi connectivity index (χ3v) is 3.04. The lowest BCUT2D eigenvalue weighted by Gasteiger charge is -2.19. The smallest absolute Gasteiger partial charge is 0.408 e. The summed E-state index contributed by atoms with van der Waals surface area (Å²) in [7, 11) is 0. The van der Waals surface area contributed by atoms with Crippen LogP contribution in [0.5, 0.6) is 0 Å². The summed E-state index contributed by atoms with van der Waals surface area (Å²) >= 11 is 1.47. The monoisotopic (exact) mass is 284 g/mol. The summed E-state index contributed by atoms with van der Waals surface area (Å²) in [5.74, 6) is -0.261. The molecule has 6 heteroatoms. The fraction of sp³-hybridized carbons (Fsp3) is 0.538. The molecule has 0 saturated heterocycles. The van der Waals surface area contributed by atoms with E-state index in [1.165, 1.54) is 11.3 Å². The van der Waals surface area contributed by atoms with E-state index in [-0.39, 0.29) is 12.5 Å². The van der Waals surface area contributed by atoms with Crippen LogP contribution >= 0.6 is 11.3 Å². The average Bonchev–Trinajstić information content (AvgIpc) is 2.71. The fourth-order valence-electron chi connectivity index (χ4n) is 1.36. The Morgan fingerprint density at radius 1 is 1.37 bits per heavy atom. The number of alkyl carbamates (subject to hydrolysis) is 1. The molecular weight excluding hydrogens is 264 g/mol. The number of thiophene rings is 1. The first-order chi connectivity index (χ1) is 8.81. The average molecular weight is 284 g/mol. The van der Waals surface area contributed by atoms with Crippen LogP contribution in [-0.2, 0) is 16.0 Å². The van der Waals surface area contributed by atoms with E-state index in [0.29, 0.717) is 0 Å². The Hall–Kier alpha value is -1.56. The SMILES string of the molecule is CCc1ccsc1NC(=O)CNC(=O)OC(C)(C)C. The maximum Gasteiger partial charge on any atom is 0.408 e. The van der Waals surface area contributed by atoms with Crippen LogP contribution in [0.2, 0.25) is 0 Å². The predicted octanol–water partition coefficient (Wildman–Crippen LogP) is 2.77. The molecule has 0 unspecified atom stereocenters. The van der Waals surface area contributed by atoms with Crippen LogP contribution in [0.3, 0.4) is 0 Å². The molecule has 0 aliphatic rings. The van der Waals surface area contributed by atoms with Gasteiger partial charge in [-0.3, -0.25) is 4.79 Å². The molecule has 19 heavy (non-hydrogen) atoms. The highest BCUT2D eigenvalue weighted by molar-refractivity contribution is 7.14. The quantitative estimate of drug-likeness (QED) is 0.893. The van der Waals surface area contributed by atoms with Crippen molar-refractivity contribution in [3.8, 4) is 0 Å². The summed E-state index contributed by atoms with van der Waals surface area (Å²) in [4.78, 5) is 23.1. The van der Waals surface area contributed by atoms with Gasteiger partial charge in [-0.15, -0.1) is 11.3 Å². The topological polar surface area (TPSA) is 67.4 Å². The maximum atomic E-state index is 11.7. The lowest BCUT2D eigenvalue weighted by molar-refractivity contribution is -0.115. The molecule has 2 amide bonds. The highest BCUT2D eigenvalue weighted by Crippen LogP contribution is 2.23. The Morgan fingerprint density at radius 2 is 2.05 bits per heavy atom. The lowest BCUT2D eigenvalue weighted by atomic mass is 10.2. The van der Waals surface area contributed by atoms with E-state index in [2.05, 4.69) is 10.6 Å². The van der Waals surface area contributed by atoms with Crippen LogP contribution in [0.15, 0.2) is 11.4 Å². The molecule has 1 heterocycles. The number of hydrogen-bond donors (Lipinski definition) is 2. The molecule has 106 valence electrons. The van der Waals surface area contributed by atoms with Gasteiger partial charge in [0, 0.05) is 0 Å². The third kappa shape index (κ3) is 5.74. The van der Waals surface area contributed by atoms with Gasteiger partial charge in [-0.25, -0.2) is 4.79 Å². The molecular formula is C13H20N2O3S. The minimum atomic E-state index is -0.593. The molecule has 0 saturated carbocycles. The molecule has 1 aromatic rings. The molecule has 2 N–H and O–H groups in total. The first-order valence-corrected chi connectivity index (χ1v) is 7.03. The van der Waals surface area contributed by atoms with Gasteiger partial charge in [0.05, 0.1) is 5.00 Å². The van der Waals surface area contributed by atoms with Crippen LogP contribution in [-0.4, -0.2) is 24.1 Å². The van der Waals surface area contributed by atoms with E-state index < -0.39 is 11.7 Å². The molecule has 0 bridgehead atoms. The van der Waals surface area contributed by atoms with Gasteiger partial charge >= 0.3 is 6.09 Å². The number of carbonyl (C=O) groups excluding carboxylic acids is 2. The van der Waals surface area contributed by atoms with Gasteiger partial charge < -0.3 is 15.4 Å².